The second-order valence-electron chi connectivity index (χ2n) is 2.33. The molecule has 2 N–H and O–H groups in total. The van der Waals surface area contributed by atoms with Gasteiger partial charge in [0, 0.05) is 0 Å². The molecular weight excluding hydrogens is 236 g/mol. The number of hydrogen-bond acceptors (Lipinski definition) is 3. The molecule has 5 heteroatoms. The van der Waals surface area contributed by atoms with E-state index in [1.54, 1.807) is 6.07 Å². The Balaban J connectivity index is 3.05. The van der Waals surface area contributed by atoms with Gasteiger partial charge in [-0.1, -0.05) is 22.0 Å². The SMILES string of the molecule is NC(=O)c1cccc(C(=O)CBr)n1. The lowest BCUT2D eigenvalue weighted by Crippen LogP contribution is -2.15. The highest BCUT2D eigenvalue weighted by Gasteiger charge is 2.08. The summed E-state index contributed by atoms with van der Waals surface area (Å²) in [5, 5.41) is 0.183. The molecule has 1 amide bonds. The highest BCUT2D eigenvalue weighted by molar-refractivity contribution is 9.09. The van der Waals surface area contributed by atoms with Crippen LogP contribution in [0.3, 0.4) is 0 Å². The zero-order valence-corrected chi connectivity index (χ0v) is 8.24. The van der Waals surface area contributed by atoms with Gasteiger partial charge in [-0.2, -0.15) is 0 Å². The fraction of sp³-hybridized carbons (Fsp3) is 0.125. The van der Waals surface area contributed by atoms with E-state index in [0.717, 1.165) is 0 Å². The summed E-state index contributed by atoms with van der Waals surface area (Å²) < 4.78 is 0. The lowest BCUT2D eigenvalue weighted by molar-refractivity contribution is 0.0995. The van der Waals surface area contributed by atoms with Crippen LogP contribution in [0.1, 0.15) is 21.0 Å². The number of pyridine rings is 1. The van der Waals surface area contributed by atoms with Gasteiger partial charge >= 0.3 is 0 Å². The van der Waals surface area contributed by atoms with Crippen LogP contribution in [0.5, 0.6) is 0 Å². The molecule has 0 saturated carbocycles. The van der Waals surface area contributed by atoms with Crippen molar-refractivity contribution in [3.63, 3.8) is 0 Å². The van der Waals surface area contributed by atoms with Crippen LogP contribution in [-0.4, -0.2) is 22.0 Å². The number of primary amides is 1. The van der Waals surface area contributed by atoms with E-state index in [9.17, 15) is 9.59 Å². The Hall–Kier alpha value is -1.23. The van der Waals surface area contributed by atoms with E-state index in [2.05, 4.69) is 20.9 Å². The van der Waals surface area contributed by atoms with Crippen LogP contribution in [-0.2, 0) is 0 Å². The largest absolute Gasteiger partial charge is 0.364 e. The van der Waals surface area contributed by atoms with Crippen LogP contribution in [0.15, 0.2) is 18.2 Å². The number of amides is 1. The molecule has 0 atom stereocenters. The fourth-order valence-electron chi connectivity index (χ4n) is 0.796. The predicted octanol–water partition coefficient (Wildman–Crippen LogP) is 0.758. The molecule has 68 valence electrons. The lowest BCUT2D eigenvalue weighted by atomic mass is 10.2. The maximum absolute atomic E-state index is 11.1. The first-order valence-electron chi connectivity index (χ1n) is 3.51. The van der Waals surface area contributed by atoms with Crippen molar-refractivity contribution in [3.8, 4) is 0 Å². The third kappa shape index (κ3) is 2.35. The van der Waals surface area contributed by atoms with Gasteiger partial charge < -0.3 is 5.73 Å². The summed E-state index contributed by atoms with van der Waals surface area (Å²) >= 11 is 3.01. The molecule has 1 rings (SSSR count). The second-order valence-corrected chi connectivity index (χ2v) is 2.89. The van der Waals surface area contributed by atoms with Gasteiger partial charge in [0.2, 0.25) is 0 Å². The Labute approximate surface area is 83.3 Å². The quantitative estimate of drug-likeness (QED) is 0.629. The molecule has 0 aliphatic carbocycles. The number of alkyl halides is 1. The molecule has 0 radical (unpaired) electrons. The van der Waals surface area contributed by atoms with Crippen LogP contribution < -0.4 is 5.73 Å². The molecule has 0 aliphatic rings. The van der Waals surface area contributed by atoms with Crippen molar-refractivity contribution in [1.82, 2.24) is 4.98 Å². The third-order valence-electron chi connectivity index (χ3n) is 1.41. The zero-order valence-electron chi connectivity index (χ0n) is 6.66. The molecule has 0 fully saturated rings. The average molecular weight is 243 g/mol. The number of ketones is 1. The summed E-state index contributed by atoms with van der Waals surface area (Å²) in [6.45, 7) is 0. The highest BCUT2D eigenvalue weighted by Crippen LogP contribution is 2.01. The van der Waals surface area contributed by atoms with Crippen molar-refractivity contribution in [2.45, 2.75) is 0 Å². The average Bonchev–Trinajstić information content (AvgIpc) is 2.17. The van der Waals surface area contributed by atoms with Crippen LogP contribution in [0.25, 0.3) is 0 Å². The van der Waals surface area contributed by atoms with E-state index in [4.69, 9.17) is 5.73 Å². The number of nitrogens with zero attached hydrogens (tertiary/aromatic N) is 1. The minimum atomic E-state index is -0.635. The summed E-state index contributed by atoms with van der Waals surface area (Å²) in [7, 11) is 0. The smallest absolute Gasteiger partial charge is 0.267 e. The second kappa shape index (κ2) is 4.13. The van der Waals surface area contributed by atoms with Gasteiger partial charge in [-0.15, -0.1) is 0 Å². The summed E-state index contributed by atoms with van der Waals surface area (Å²) in [6, 6.07) is 4.58. The normalized spacial score (nSPS) is 9.62. The summed E-state index contributed by atoms with van der Waals surface area (Å²) in [4.78, 5) is 25.6. The standard InChI is InChI=1S/C8H7BrN2O2/c9-4-7(12)5-2-1-3-6(11-5)8(10)13/h1-3H,4H2,(H2,10,13). The zero-order chi connectivity index (χ0) is 9.84. The maximum Gasteiger partial charge on any atom is 0.267 e. The van der Waals surface area contributed by atoms with Crippen LogP contribution in [0.2, 0.25) is 0 Å². The first kappa shape index (κ1) is 9.85. The number of carbonyl (C=O) groups is 2. The van der Waals surface area contributed by atoms with Crippen molar-refractivity contribution in [2.24, 2.45) is 5.73 Å². The molecule has 4 nitrogen and oxygen atoms in total. The molecule has 1 aromatic heterocycles. The van der Waals surface area contributed by atoms with Crippen molar-refractivity contribution < 1.29 is 9.59 Å². The first-order valence-corrected chi connectivity index (χ1v) is 4.63. The van der Waals surface area contributed by atoms with Gasteiger partial charge in [0.1, 0.15) is 11.4 Å². The van der Waals surface area contributed by atoms with Gasteiger partial charge in [-0.05, 0) is 12.1 Å². The molecule has 0 spiro atoms. The van der Waals surface area contributed by atoms with E-state index in [-0.39, 0.29) is 22.5 Å². The Kier molecular flexibility index (Phi) is 3.13. The first-order chi connectivity index (χ1) is 6.15. The Morgan fingerprint density at radius 3 is 2.54 bits per heavy atom. The molecular formula is C8H7BrN2O2. The number of nitrogens with two attached hydrogens (primary N) is 1. The minimum absolute atomic E-state index is 0.104. The molecule has 0 bridgehead atoms. The van der Waals surface area contributed by atoms with E-state index in [1.807, 2.05) is 0 Å². The molecule has 0 saturated heterocycles. The molecule has 0 aromatic carbocycles. The van der Waals surface area contributed by atoms with Crippen LogP contribution in [0, 0.1) is 0 Å². The molecule has 1 aromatic rings. The Bertz CT molecular complexity index is 352. The van der Waals surface area contributed by atoms with E-state index >= 15 is 0 Å². The number of aromatic nitrogens is 1. The van der Waals surface area contributed by atoms with E-state index in [0.29, 0.717) is 0 Å². The summed E-state index contributed by atoms with van der Waals surface area (Å²) in [5.74, 6) is -0.813. The van der Waals surface area contributed by atoms with Crippen LogP contribution >= 0.6 is 15.9 Å². The number of rotatable bonds is 3. The maximum atomic E-state index is 11.1. The monoisotopic (exact) mass is 242 g/mol. The van der Waals surface area contributed by atoms with Gasteiger partial charge in [0.15, 0.2) is 5.78 Å². The molecule has 0 unspecified atom stereocenters. The van der Waals surface area contributed by atoms with Crippen LogP contribution in [0.4, 0.5) is 0 Å². The van der Waals surface area contributed by atoms with Crippen molar-refractivity contribution in [3.05, 3.63) is 29.6 Å². The number of hydrogen-bond donors (Lipinski definition) is 1. The number of carbonyl (C=O) groups excluding carboxylic acids is 2. The van der Waals surface area contributed by atoms with Gasteiger partial charge in [0.25, 0.3) is 5.91 Å². The summed E-state index contributed by atoms with van der Waals surface area (Å²) in [6.07, 6.45) is 0. The van der Waals surface area contributed by atoms with Gasteiger partial charge in [0.05, 0.1) is 5.33 Å². The minimum Gasteiger partial charge on any atom is -0.364 e. The van der Waals surface area contributed by atoms with Crippen molar-refractivity contribution in [2.75, 3.05) is 5.33 Å². The molecule has 1 heterocycles. The predicted molar refractivity (Wildman–Crippen MR) is 50.9 cm³/mol. The summed E-state index contributed by atoms with van der Waals surface area (Å²) in [5.41, 5.74) is 5.35. The van der Waals surface area contributed by atoms with E-state index in [1.165, 1.54) is 12.1 Å². The highest BCUT2D eigenvalue weighted by atomic mass is 79.9. The number of Topliss-reactive ketones (excluding diaryl/α,β-unsaturated/α-hetero) is 1. The Morgan fingerprint density at radius 2 is 2.00 bits per heavy atom. The molecule has 13 heavy (non-hydrogen) atoms. The molecule has 0 aliphatic heterocycles. The number of halogens is 1. The fourth-order valence-corrected chi connectivity index (χ4v) is 1.08. The third-order valence-corrected chi connectivity index (χ3v) is 1.92. The van der Waals surface area contributed by atoms with Crippen molar-refractivity contribution in [1.29, 1.82) is 0 Å². The Morgan fingerprint density at radius 1 is 1.38 bits per heavy atom. The van der Waals surface area contributed by atoms with Gasteiger partial charge in [-0.25, -0.2) is 4.98 Å². The lowest BCUT2D eigenvalue weighted by Gasteiger charge is -1.97. The van der Waals surface area contributed by atoms with E-state index < -0.39 is 5.91 Å². The topological polar surface area (TPSA) is 73.1 Å². The van der Waals surface area contributed by atoms with Gasteiger partial charge in [-0.3, -0.25) is 9.59 Å². The van der Waals surface area contributed by atoms with Crippen molar-refractivity contribution >= 4 is 27.6 Å².